The molecule has 1 aliphatic heterocycles. The molecule has 2 rings (SSSR count). The van der Waals surface area contributed by atoms with E-state index in [4.69, 9.17) is 4.74 Å². The Morgan fingerprint density at radius 2 is 2.10 bits per heavy atom. The summed E-state index contributed by atoms with van der Waals surface area (Å²) in [6.45, 7) is 6.27. The largest absolute Gasteiger partial charge is 0.450 e. The summed E-state index contributed by atoms with van der Waals surface area (Å²) in [7, 11) is 3.43. The van der Waals surface area contributed by atoms with E-state index in [2.05, 4.69) is 20.6 Å². The number of carbonyl (C=O) groups is 2. The minimum atomic E-state index is -0.256. The number of aromatic nitrogens is 1. The topological polar surface area (TPSA) is 99.2 Å². The molecule has 1 aromatic rings. The highest BCUT2D eigenvalue weighted by Crippen LogP contribution is 2.12. The molecular weight excluding hydrogens is 392 g/mol. The quantitative estimate of drug-likeness (QED) is 0.505. The third-order valence-corrected chi connectivity index (χ3v) is 5.51. The van der Waals surface area contributed by atoms with E-state index in [1.54, 1.807) is 30.3 Å². The van der Waals surface area contributed by atoms with E-state index in [9.17, 15) is 9.59 Å². The first-order valence-corrected chi connectivity index (χ1v) is 10.8. The van der Waals surface area contributed by atoms with Gasteiger partial charge in [0, 0.05) is 57.3 Å². The second-order valence-corrected chi connectivity index (χ2v) is 8.42. The summed E-state index contributed by atoms with van der Waals surface area (Å²) < 4.78 is 5.07. The van der Waals surface area contributed by atoms with Gasteiger partial charge in [-0.2, -0.15) is 0 Å². The number of thiazole rings is 1. The van der Waals surface area contributed by atoms with E-state index in [0.717, 1.165) is 24.3 Å². The van der Waals surface area contributed by atoms with Crippen LogP contribution in [0.2, 0.25) is 0 Å². The molecule has 0 radical (unpaired) electrons. The molecule has 0 aliphatic carbocycles. The molecule has 1 fully saturated rings. The molecule has 2 heterocycles. The molecule has 1 saturated heterocycles. The lowest BCUT2D eigenvalue weighted by Crippen LogP contribution is -2.50. The zero-order valence-electron chi connectivity index (χ0n) is 17.7. The summed E-state index contributed by atoms with van der Waals surface area (Å²) in [5, 5.41) is 7.78. The van der Waals surface area contributed by atoms with Crippen LogP contribution in [0.5, 0.6) is 0 Å². The number of piperidine rings is 1. The minimum absolute atomic E-state index is 0.0567. The van der Waals surface area contributed by atoms with E-state index < -0.39 is 0 Å². The van der Waals surface area contributed by atoms with Crippen LogP contribution in [-0.2, 0) is 16.0 Å². The number of guanidine groups is 1. The van der Waals surface area contributed by atoms with Gasteiger partial charge in [-0.15, -0.1) is 11.3 Å². The van der Waals surface area contributed by atoms with Gasteiger partial charge >= 0.3 is 6.09 Å². The second kappa shape index (κ2) is 11.6. The number of nitrogens with zero attached hydrogens (tertiary/aromatic N) is 4. The number of amides is 2. The van der Waals surface area contributed by atoms with Crippen molar-refractivity contribution < 1.29 is 14.3 Å². The van der Waals surface area contributed by atoms with Crippen molar-refractivity contribution in [3.63, 3.8) is 0 Å². The predicted molar refractivity (Wildman–Crippen MR) is 114 cm³/mol. The maximum Gasteiger partial charge on any atom is 0.409 e. The fraction of sp³-hybridized carbons (Fsp3) is 0.684. The van der Waals surface area contributed by atoms with Gasteiger partial charge in [0.2, 0.25) is 5.91 Å². The highest BCUT2D eigenvalue weighted by atomic mass is 32.1. The van der Waals surface area contributed by atoms with Crippen LogP contribution >= 0.6 is 11.3 Å². The van der Waals surface area contributed by atoms with Crippen LogP contribution in [0.1, 0.15) is 29.7 Å². The SMILES string of the molecule is CCOC(=O)N1CCC(NC(=NCC(=O)N(C)C)NCCc2ncc(C)s2)CC1. The number of aryl methyl sites for hydroxylation is 1. The van der Waals surface area contributed by atoms with Gasteiger partial charge in [-0.05, 0) is 26.7 Å². The van der Waals surface area contributed by atoms with Crippen LogP contribution in [0, 0.1) is 6.92 Å². The molecule has 0 unspecified atom stereocenters. The molecule has 0 spiro atoms. The summed E-state index contributed by atoms with van der Waals surface area (Å²) in [5.74, 6) is 0.557. The molecule has 2 N–H and O–H groups in total. The third kappa shape index (κ3) is 7.88. The van der Waals surface area contributed by atoms with Crippen LogP contribution in [0.25, 0.3) is 0 Å². The molecule has 0 atom stereocenters. The Labute approximate surface area is 176 Å². The summed E-state index contributed by atoms with van der Waals surface area (Å²) in [4.78, 5) is 37.0. The van der Waals surface area contributed by atoms with Crippen LogP contribution in [-0.4, -0.2) is 85.7 Å². The van der Waals surface area contributed by atoms with E-state index in [0.29, 0.717) is 32.2 Å². The summed E-state index contributed by atoms with van der Waals surface area (Å²) in [6, 6.07) is 0.184. The lowest BCUT2D eigenvalue weighted by molar-refractivity contribution is -0.127. The molecule has 10 heteroatoms. The Kier molecular flexibility index (Phi) is 9.17. The zero-order valence-corrected chi connectivity index (χ0v) is 18.5. The summed E-state index contributed by atoms with van der Waals surface area (Å²) >= 11 is 1.68. The van der Waals surface area contributed by atoms with Crippen molar-refractivity contribution in [1.82, 2.24) is 25.4 Å². The maximum absolute atomic E-state index is 11.9. The average molecular weight is 425 g/mol. The van der Waals surface area contributed by atoms with Gasteiger partial charge in [0.05, 0.1) is 11.6 Å². The molecule has 0 bridgehead atoms. The highest BCUT2D eigenvalue weighted by Gasteiger charge is 2.24. The lowest BCUT2D eigenvalue weighted by atomic mass is 10.1. The van der Waals surface area contributed by atoms with Crippen molar-refractivity contribution in [3.8, 4) is 0 Å². The van der Waals surface area contributed by atoms with Gasteiger partial charge in [-0.25, -0.2) is 14.8 Å². The van der Waals surface area contributed by atoms with Crippen molar-refractivity contribution in [1.29, 1.82) is 0 Å². The van der Waals surface area contributed by atoms with Crippen molar-refractivity contribution in [2.45, 2.75) is 39.2 Å². The van der Waals surface area contributed by atoms with Gasteiger partial charge in [0.15, 0.2) is 5.96 Å². The summed E-state index contributed by atoms with van der Waals surface area (Å²) in [5.41, 5.74) is 0. The Hall–Kier alpha value is -2.36. The number of aliphatic imine (C=N–C) groups is 1. The molecule has 29 heavy (non-hydrogen) atoms. The van der Waals surface area contributed by atoms with Crippen LogP contribution in [0.15, 0.2) is 11.2 Å². The zero-order chi connectivity index (χ0) is 21.2. The Morgan fingerprint density at radius 3 is 2.69 bits per heavy atom. The Balaban J connectivity index is 1.88. The fourth-order valence-corrected chi connectivity index (χ4v) is 3.65. The number of hydrogen-bond acceptors (Lipinski definition) is 6. The van der Waals surface area contributed by atoms with Gasteiger partial charge in [0.1, 0.15) is 6.54 Å². The molecule has 2 amide bonds. The van der Waals surface area contributed by atoms with Gasteiger partial charge < -0.3 is 25.2 Å². The standard InChI is InChI=1S/C19H32N6O3S/c1-5-28-19(27)25-10-7-15(8-11-25)23-18(22-13-17(26)24(3)4)20-9-6-16-21-12-14(2)29-16/h12,15H,5-11,13H2,1-4H3,(H2,20,22,23). The molecule has 0 aromatic carbocycles. The van der Waals surface area contributed by atoms with Gasteiger partial charge in [0.25, 0.3) is 0 Å². The van der Waals surface area contributed by atoms with Gasteiger partial charge in [-0.1, -0.05) is 0 Å². The highest BCUT2D eigenvalue weighted by molar-refractivity contribution is 7.11. The van der Waals surface area contributed by atoms with E-state index in [-0.39, 0.29) is 24.6 Å². The molecular formula is C19H32N6O3S. The monoisotopic (exact) mass is 424 g/mol. The average Bonchev–Trinajstić information content (AvgIpc) is 3.11. The number of hydrogen-bond donors (Lipinski definition) is 2. The number of carbonyl (C=O) groups excluding carboxylic acids is 2. The molecule has 0 saturated carbocycles. The number of nitrogens with one attached hydrogen (secondary N) is 2. The second-order valence-electron chi connectivity index (χ2n) is 7.10. The maximum atomic E-state index is 11.9. The molecule has 162 valence electrons. The Bertz CT molecular complexity index is 698. The first-order chi connectivity index (χ1) is 13.9. The third-order valence-electron chi connectivity index (χ3n) is 4.53. The van der Waals surface area contributed by atoms with Crippen molar-refractivity contribution >= 4 is 29.3 Å². The van der Waals surface area contributed by atoms with Crippen molar-refractivity contribution in [2.24, 2.45) is 4.99 Å². The lowest BCUT2D eigenvalue weighted by Gasteiger charge is -2.32. The van der Waals surface area contributed by atoms with E-state index in [1.807, 2.05) is 20.0 Å². The van der Waals surface area contributed by atoms with E-state index in [1.165, 1.54) is 9.78 Å². The normalized spacial score (nSPS) is 15.2. The fourth-order valence-electron chi connectivity index (χ4n) is 2.86. The number of ether oxygens (including phenoxy) is 1. The number of likely N-dealkylation sites (N-methyl/N-ethyl adjacent to an activating group) is 1. The molecule has 9 nitrogen and oxygen atoms in total. The predicted octanol–water partition coefficient (Wildman–Crippen LogP) is 1.24. The van der Waals surface area contributed by atoms with Crippen LogP contribution in [0.4, 0.5) is 4.79 Å². The number of likely N-dealkylation sites (tertiary alicyclic amines) is 1. The van der Waals surface area contributed by atoms with Crippen LogP contribution in [0.3, 0.4) is 0 Å². The first kappa shape index (κ1) is 22.9. The first-order valence-electron chi connectivity index (χ1n) is 9.97. The van der Waals surface area contributed by atoms with E-state index >= 15 is 0 Å². The summed E-state index contributed by atoms with van der Waals surface area (Å²) in [6.07, 6.45) is 4.01. The molecule has 1 aliphatic rings. The number of rotatable bonds is 7. The minimum Gasteiger partial charge on any atom is -0.450 e. The molecule has 1 aromatic heterocycles. The van der Waals surface area contributed by atoms with Crippen molar-refractivity contribution in [3.05, 3.63) is 16.1 Å². The smallest absolute Gasteiger partial charge is 0.409 e. The van der Waals surface area contributed by atoms with Crippen LogP contribution < -0.4 is 10.6 Å². The van der Waals surface area contributed by atoms with Crippen molar-refractivity contribution in [2.75, 3.05) is 46.9 Å². The Morgan fingerprint density at radius 1 is 1.38 bits per heavy atom. The van der Waals surface area contributed by atoms with Gasteiger partial charge in [-0.3, -0.25) is 4.79 Å².